The van der Waals surface area contributed by atoms with Crippen molar-refractivity contribution in [2.45, 2.75) is 0 Å². The largest absolute Gasteiger partial charge is 0.497 e. The summed E-state index contributed by atoms with van der Waals surface area (Å²) in [5.74, 6) is 0.798. The van der Waals surface area contributed by atoms with Gasteiger partial charge in [-0.1, -0.05) is 24.3 Å². The summed E-state index contributed by atoms with van der Waals surface area (Å²) in [6, 6.07) is 19.7. The lowest BCUT2D eigenvalue weighted by atomic mass is 10.0. The van der Waals surface area contributed by atoms with Crippen LogP contribution in [0.4, 0.5) is 0 Å². The van der Waals surface area contributed by atoms with E-state index in [0.717, 1.165) is 38.9 Å². The van der Waals surface area contributed by atoms with Gasteiger partial charge in [0.1, 0.15) is 11.4 Å². The second-order valence-electron chi connectivity index (χ2n) is 6.12. The molecule has 25 heavy (non-hydrogen) atoms. The van der Waals surface area contributed by atoms with E-state index in [1.807, 2.05) is 48.5 Å². The van der Waals surface area contributed by atoms with Crippen molar-refractivity contribution in [1.82, 2.24) is 10.2 Å². The van der Waals surface area contributed by atoms with Gasteiger partial charge in [0.15, 0.2) is 5.78 Å². The molecule has 0 aliphatic heterocycles. The van der Waals surface area contributed by atoms with Gasteiger partial charge < -0.3 is 4.74 Å². The molecule has 1 N–H and O–H groups in total. The van der Waals surface area contributed by atoms with Gasteiger partial charge in [-0.15, -0.1) is 0 Å². The number of nitrogens with one attached hydrogen (secondary N) is 1. The second kappa shape index (κ2) is 5.05. The maximum Gasteiger partial charge on any atom is 0.198 e. The third-order valence-corrected chi connectivity index (χ3v) is 4.76. The van der Waals surface area contributed by atoms with E-state index in [9.17, 15) is 4.79 Å². The van der Waals surface area contributed by atoms with Crippen LogP contribution in [-0.4, -0.2) is 23.1 Å². The third kappa shape index (κ3) is 1.94. The number of ketones is 1. The van der Waals surface area contributed by atoms with Crippen molar-refractivity contribution in [3.8, 4) is 28.3 Å². The molecule has 3 aromatic carbocycles. The molecule has 0 saturated heterocycles. The molecule has 1 heterocycles. The number of nitrogens with zero attached hydrogens (tertiary/aromatic N) is 1. The average Bonchev–Trinajstić information content (AvgIpc) is 3.21. The summed E-state index contributed by atoms with van der Waals surface area (Å²) in [5, 5.41) is 9.65. The Morgan fingerprint density at radius 1 is 0.920 bits per heavy atom. The van der Waals surface area contributed by atoms with Crippen molar-refractivity contribution < 1.29 is 9.53 Å². The minimum absolute atomic E-state index is 0.0234. The summed E-state index contributed by atoms with van der Waals surface area (Å²) in [6.45, 7) is 0. The van der Waals surface area contributed by atoms with E-state index in [4.69, 9.17) is 4.74 Å². The average molecular weight is 326 g/mol. The first-order valence-corrected chi connectivity index (χ1v) is 8.07. The van der Waals surface area contributed by atoms with Crippen molar-refractivity contribution in [2.75, 3.05) is 7.11 Å². The highest BCUT2D eigenvalue weighted by molar-refractivity contribution is 6.25. The smallest absolute Gasteiger partial charge is 0.198 e. The zero-order valence-electron chi connectivity index (χ0n) is 13.5. The molecular weight excluding hydrogens is 312 g/mol. The Morgan fingerprint density at radius 2 is 1.60 bits per heavy atom. The summed E-state index contributed by atoms with van der Waals surface area (Å²) < 4.78 is 5.20. The number of rotatable bonds is 2. The lowest BCUT2D eigenvalue weighted by Crippen LogP contribution is -1.97. The van der Waals surface area contributed by atoms with Crippen LogP contribution in [0, 0.1) is 0 Å². The number of aromatic amines is 1. The van der Waals surface area contributed by atoms with Gasteiger partial charge in [0, 0.05) is 16.7 Å². The maximum absolute atomic E-state index is 13.0. The number of fused-ring (bicyclic) bond motifs is 4. The monoisotopic (exact) mass is 326 g/mol. The molecule has 1 aliphatic rings. The maximum atomic E-state index is 13.0. The predicted octanol–water partition coefficient (Wildman–Crippen LogP) is 4.45. The Bertz CT molecular complexity index is 1140. The Balaban J connectivity index is 1.70. The molecule has 4 aromatic rings. The van der Waals surface area contributed by atoms with Gasteiger partial charge >= 0.3 is 0 Å². The Morgan fingerprint density at radius 3 is 2.28 bits per heavy atom. The van der Waals surface area contributed by atoms with Crippen LogP contribution >= 0.6 is 0 Å². The molecule has 0 bridgehead atoms. The highest BCUT2D eigenvalue weighted by Gasteiger charge is 2.32. The van der Waals surface area contributed by atoms with Gasteiger partial charge in [-0.3, -0.25) is 9.89 Å². The van der Waals surface area contributed by atoms with E-state index < -0.39 is 0 Å². The van der Waals surface area contributed by atoms with Crippen molar-refractivity contribution in [1.29, 1.82) is 0 Å². The van der Waals surface area contributed by atoms with Crippen molar-refractivity contribution in [2.24, 2.45) is 0 Å². The van der Waals surface area contributed by atoms with Gasteiger partial charge in [-0.05, 0) is 47.2 Å². The number of benzene rings is 3. The molecule has 0 fully saturated rings. The first-order chi connectivity index (χ1) is 12.3. The molecule has 0 atom stereocenters. The number of carbonyl (C=O) groups excluding carboxylic acids is 1. The van der Waals surface area contributed by atoms with Crippen LogP contribution in [0.5, 0.6) is 5.75 Å². The number of H-pyrrole nitrogens is 1. The second-order valence-corrected chi connectivity index (χ2v) is 6.12. The van der Waals surface area contributed by atoms with Crippen LogP contribution in [-0.2, 0) is 0 Å². The minimum atomic E-state index is 0.0234. The number of hydrogen-bond donors (Lipinski definition) is 1. The SMILES string of the molecule is COc1ccc(-c2n[nH]c3c2C(=O)c2cc4ccccc4cc2-3)cc1. The van der Waals surface area contributed by atoms with Gasteiger partial charge in [-0.2, -0.15) is 5.10 Å². The van der Waals surface area contributed by atoms with Crippen LogP contribution in [0.1, 0.15) is 15.9 Å². The van der Waals surface area contributed by atoms with Crippen LogP contribution < -0.4 is 4.74 Å². The van der Waals surface area contributed by atoms with Crippen molar-refractivity contribution >= 4 is 16.6 Å². The van der Waals surface area contributed by atoms with Crippen LogP contribution in [0.25, 0.3) is 33.3 Å². The summed E-state index contributed by atoms with van der Waals surface area (Å²) >= 11 is 0. The molecule has 1 aliphatic carbocycles. The molecule has 120 valence electrons. The topological polar surface area (TPSA) is 55.0 Å². The van der Waals surface area contributed by atoms with E-state index in [-0.39, 0.29) is 5.78 Å². The number of aromatic nitrogens is 2. The van der Waals surface area contributed by atoms with Crippen LogP contribution in [0.15, 0.2) is 60.7 Å². The minimum Gasteiger partial charge on any atom is -0.497 e. The Hall–Kier alpha value is -3.40. The van der Waals surface area contributed by atoms with Crippen molar-refractivity contribution in [3.63, 3.8) is 0 Å². The molecule has 4 heteroatoms. The van der Waals surface area contributed by atoms with E-state index in [1.54, 1.807) is 7.11 Å². The quantitative estimate of drug-likeness (QED) is 0.521. The summed E-state index contributed by atoms with van der Waals surface area (Å²) in [5.41, 5.74) is 4.68. The summed E-state index contributed by atoms with van der Waals surface area (Å²) in [4.78, 5) is 13.0. The summed E-state index contributed by atoms with van der Waals surface area (Å²) in [6.07, 6.45) is 0. The lowest BCUT2D eigenvalue weighted by molar-refractivity contribution is 0.104. The number of hydrogen-bond acceptors (Lipinski definition) is 3. The zero-order valence-corrected chi connectivity index (χ0v) is 13.5. The fraction of sp³-hybridized carbons (Fsp3) is 0.0476. The van der Waals surface area contributed by atoms with E-state index >= 15 is 0 Å². The van der Waals surface area contributed by atoms with Crippen LogP contribution in [0.3, 0.4) is 0 Å². The summed E-state index contributed by atoms with van der Waals surface area (Å²) in [7, 11) is 1.63. The third-order valence-electron chi connectivity index (χ3n) is 4.76. The molecule has 0 radical (unpaired) electrons. The van der Waals surface area contributed by atoms with E-state index in [2.05, 4.69) is 22.3 Å². The number of methoxy groups -OCH3 is 1. The Labute approximate surface area is 144 Å². The lowest BCUT2D eigenvalue weighted by Gasteiger charge is -2.03. The molecule has 4 nitrogen and oxygen atoms in total. The Kier molecular flexibility index (Phi) is 2.82. The van der Waals surface area contributed by atoms with Gasteiger partial charge in [0.25, 0.3) is 0 Å². The number of carbonyl (C=O) groups is 1. The molecule has 0 saturated carbocycles. The highest BCUT2D eigenvalue weighted by atomic mass is 16.5. The molecule has 1 aromatic heterocycles. The van der Waals surface area contributed by atoms with Crippen molar-refractivity contribution in [3.05, 3.63) is 71.8 Å². The first-order valence-electron chi connectivity index (χ1n) is 8.07. The standard InChI is InChI=1S/C21H14N2O2/c1-25-15-8-6-12(7-9-15)19-18-20(23-22-19)16-10-13-4-2-3-5-14(13)11-17(16)21(18)24/h2-11H,1H3,(H,22,23). The molecule has 0 spiro atoms. The van der Waals surface area contributed by atoms with E-state index in [0.29, 0.717) is 11.3 Å². The molecule has 0 amide bonds. The normalized spacial score (nSPS) is 12.3. The van der Waals surface area contributed by atoms with Gasteiger partial charge in [-0.25, -0.2) is 0 Å². The molecular formula is C21H14N2O2. The predicted molar refractivity (Wildman–Crippen MR) is 97.0 cm³/mol. The van der Waals surface area contributed by atoms with E-state index in [1.165, 1.54) is 0 Å². The fourth-order valence-corrected chi connectivity index (χ4v) is 3.49. The number of ether oxygens (including phenoxy) is 1. The zero-order chi connectivity index (χ0) is 17.0. The first kappa shape index (κ1) is 14.0. The highest BCUT2D eigenvalue weighted by Crippen LogP contribution is 2.41. The molecule has 0 unspecified atom stereocenters. The van der Waals surface area contributed by atoms with Crippen LogP contribution in [0.2, 0.25) is 0 Å². The molecule has 5 rings (SSSR count). The fourth-order valence-electron chi connectivity index (χ4n) is 3.49. The van der Waals surface area contributed by atoms with Gasteiger partial charge in [0.05, 0.1) is 18.4 Å². The van der Waals surface area contributed by atoms with Gasteiger partial charge in [0.2, 0.25) is 0 Å².